The molecule has 0 spiro atoms. The molecule has 4 bridgehead atoms. The molecule has 8 nitrogen and oxygen atoms in total. The van der Waals surface area contributed by atoms with E-state index in [4.69, 9.17) is 8.37 Å². The van der Waals surface area contributed by atoms with Crippen LogP contribution in [0.25, 0.3) is 44.5 Å². The van der Waals surface area contributed by atoms with E-state index in [0.717, 1.165) is 35.1 Å². The number of carbonyl (C=O) groups excluding carboxylic acids is 2. The van der Waals surface area contributed by atoms with E-state index >= 15 is 0 Å². The third-order valence-electron chi connectivity index (χ3n) is 14.6. The fourth-order valence-electron chi connectivity index (χ4n) is 11.2. The standard InChI is InChI=1S/C44H44O8S2/c1-41(2)27-19-21-43(41,37(45)23-27)25-53(47,48)51-35-17-9-15-33-31-13-7-5-11-29(31)30-12-6-8-14-32(30)34-16-10-18-36(40(34)39(33)35)52-54(49,50)26-44-22-20-28(24-38(44)46)42(44,3)4/h5-18,27-28H,19-26H2,1-4H3. The molecule has 4 saturated carbocycles. The zero-order chi connectivity index (χ0) is 38.1. The summed E-state index contributed by atoms with van der Waals surface area (Å²) in [7, 11) is -8.74. The average Bonchev–Trinajstić information content (AvgIpc) is 3.64. The summed E-state index contributed by atoms with van der Waals surface area (Å²) in [5.74, 6) is -0.690. The van der Waals surface area contributed by atoms with E-state index in [1.54, 1.807) is 24.3 Å². The monoisotopic (exact) mass is 764 g/mol. The van der Waals surface area contributed by atoms with Gasteiger partial charge >= 0.3 is 20.2 Å². The fraction of sp³-hybridized carbons (Fsp3) is 0.409. The first-order chi connectivity index (χ1) is 25.5. The van der Waals surface area contributed by atoms with E-state index in [9.17, 15) is 26.4 Å². The molecule has 4 atom stereocenters. The summed E-state index contributed by atoms with van der Waals surface area (Å²) in [6.07, 6.45) is 3.29. The molecule has 4 fully saturated rings. The van der Waals surface area contributed by atoms with Crippen LogP contribution in [0.5, 0.6) is 11.5 Å². The van der Waals surface area contributed by atoms with Crippen LogP contribution in [0.3, 0.4) is 0 Å². The summed E-state index contributed by atoms with van der Waals surface area (Å²) in [5, 5.41) is 0. The van der Waals surface area contributed by atoms with Gasteiger partial charge in [-0.3, -0.25) is 9.59 Å². The third kappa shape index (κ3) is 4.91. The lowest BCUT2D eigenvalue weighted by molar-refractivity contribution is -0.128. The van der Waals surface area contributed by atoms with E-state index in [1.165, 1.54) is 0 Å². The number of hydrogen-bond donors (Lipinski definition) is 0. The lowest BCUT2D eigenvalue weighted by atomic mass is 9.70. The molecule has 0 radical (unpaired) electrons. The van der Waals surface area contributed by atoms with Gasteiger partial charge in [-0.1, -0.05) is 100 Å². The van der Waals surface area contributed by atoms with Crippen LogP contribution in [-0.2, 0) is 29.8 Å². The van der Waals surface area contributed by atoms with Crippen LogP contribution < -0.4 is 8.37 Å². The van der Waals surface area contributed by atoms with Crippen LogP contribution in [0.4, 0.5) is 0 Å². The Morgan fingerprint density at radius 2 is 0.852 bits per heavy atom. The van der Waals surface area contributed by atoms with E-state index < -0.39 is 53.4 Å². The number of hydrogen-bond acceptors (Lipinski definition) is 8. The smallest absolute Gasteiger partial charge is 0.310 e. The number of fused-ring (bicyclic) bond motifs is 12. The number of carbonyl (C=O) groups is 2. The Bertz CT molecular complexity index is 2340. The van der Waals surface area contributed by atoms with Crippen molar-refractivity contribution in [3.8, 4) is 56.0 Å². The number of Topliss-reactive ketones (excluding diaryl/α,β-unsaturated/α-hetero) is 2. The maximum atomic E-state index is 14.3. The molecule has 280 valence electrons. The third-order valence-corrected chi connectivity index (χ3v) is 17.1. The molecule has 0 amide bonds. The quantitative estimate of drug-likeness (QED) is 0.144. The molecular formula is C44H44O8S2. The van der Waals surface area contributed by atoms with Gasteiger partial charge in [0.1, 0.15) is 11.6 Å². The SMILES string of the molecule is CC1(C)C2CCC1(CS(=O)(=O)Oc1cccc3c1-c1c(OS(=O)(=O)CC45CCC(CC4=O)C5(C)C)cccc1-c1ccccc1-c1ccccc1-3)C(=O)C2. The Hall–Kier alpha value is -4.28. The summed E-state index contributed by atoms with van der Waals surface area (Å²) >= 11 is 0. The van der Waals surface area contributed by atoms with Gasteiger partial charge in [-0.15, -0.1) is 0 Å². The number of benzene rings is 4. The first-order valence-electron chi connectivity index (χ1n) is 18.9. The molecule has 0 aromatic heterocycles. The Labute approximate surface area is 317 Å². The maximum absolute atomic E-state index is 14.3. The summed E-state index contributed by atoms with van der Waals surface area (Å²) in [6.45, 7) is 7.96. The summed E-state index contributed by atoms with van der Waals surface area (Å²) < 4.78 is 69.5. The van der Waals surface area contributed by atoms with Gasteiger partial charge in [-0.05, 0) is 93.9 Å². The van der Waals surface area contributed by atoms with Crippen molar-refractivity contribution in [2.75, 3.05) is 11.5 Å². The predicted molar refractivity (Wildman–Crippen MR) is 208 cm³/mol. The van der Waals surface area contributed by atoms with Crippen LogP contribution in [-0.4, -0.2) is 39.9 Å². The molecule has 0 saturated heterocycles. The Morgan fingerprint density at radius 3 is 1.17 bits per heavy atom. The second-order valence-corrected chi connectivity index (χ2v) is 20.5. The highest BCUT2D eigenvalue weighted by atomic mass is 32.2. The summed E-state index contributed by atoms with van der Waals surface area (Å²) in [5.41, 5.74) is 2.30. The van der Waals surface area contributed by atoms with Gasteiger partial charge in [0, 0.05) is 24.0 Å². The fourth-order valence-corrected chi connectivity index (χ4v) is 14.7. The lowest BCUT2D eigenvalue weighted by Crippen LogP contribution is -2.43. The largest absolute Gasteiger partial charge is 0.382 e. The Kier molecular flexibility index (Phi) is 7.62. The molecule has 9 rings (SSSR count). The summed E-state index contributed by atoms with van der Waals surface area (Å²) in [4.78, 5) is 26.9. The minimum Gasteiger partial charge on any atom is -0.382 e. The van der Waals surface area contributed by atoms with E-state index in [-0.39, 0.29) is 34.9 Å². The minimum absolute atomic E-state index is 0.00918. The van der Waals surface area contributed by atoms with Crippen LogP contribution >= 0.6 is 0 Å². The van der Waals surface area contributed by atoms with Crippen LogP contribution in [0.1, 0.15) is 66.2 Å². The molecule has 0 heterocycles. The van der Waals surface area contributed by atoms with E-state index in [2.05, 4.69) is 0 Å². The van der Waals surface area contributed by atoms with Gasteiger partial charge < -0.3 is 8.37 Å². The zero-order valence-corrected chi connectivity index (χ0v) is 32.6. The summed E-state index contributed by atoms with van der Waals surface area (Å²) in [6, 6.07) is 26.0. The second kappa shape index (κ2) is 11.6. The minimum atomic E-state index is -4.37. The first-order valence-corrected chi connectivity index (χ1v) is 22.0. The highest BCUT2D eigenvalue weighted by molar-refractivity contribution is 7.87. The zero-order valence-electron chi connectivity index (χ0n) is 31.0. The van der Waals surface area contributed by atoms with Gasteiger partial charge in [-0.25, -0.2) is 0 Å². The molecule has 0 N–H and O–H groups in total. The molecule has 5 aliphatic carbocycles. The van der Waals surface area contributed by atoms with Crippen molar-refractivity contribution in [1.29, 1.82) is 0 Å². The molecule has 10 heteroatoms. The van der Waals surface area contributed by atoms with Gasteiger partial charge in [0.2, 0.25) is 0 Å². The molecule has 4 aromatic carbocycles. The second-order valence-electron chi connectivity index (χ2n) is 17.4. The molecule has 5 aliphatic rings. The Morgan fingerprint density at radius 1 is 0.519 bits per heavy atom. The molecule has 4 aromatic rings. The van der Waals surface area contributed by atoms with E-state index in [0.29, 0.717) is 47.9 Å². The highest BCUT2D eigenvalue weighted by Gasteiger charge is 2.67. The number of ketones is 2. The van der Waals surface area contributed by atoms with Crippen molar-refractivity contribution in [3.05, 3.63) is 84.9 Å². The van der Waals surface area contributed by atoms with Crippen LogP contribution in [0, 0.1) is 33.5 Å². The van der Waals surface area contributed by atoms with Crippen LogP contribution in [0.15, 0.2) is 84.9 Å². The molecule has 4 unspecified atom stereocenters. The molecular weight excluding hydrogens is 721 g/mol. The van der Waals surface area contributed by atoms with Crippen molar-refractivity contribution in [3.63, 3.8) is 0 Å². The number of rotatable bonds is 8. The van der Waals surface area contributed by atoms with Crippen molar-refractivity contribution >= 4 is 31.8 Å². The molecule has 54 heavy (non-hydrogen) atoms. The van der Waals surface area contributed by atoms with Crippen molar-refractivity contribution in [2.45, 2.75) is 66.2 Å². The lowest BCUT2D eigenvalue weighted by Gasteiger charge is -2.36. The maximum Gasteiger partial charge on any atom is 0.310 e. The van der Waals surface area contributed by atoms with Gasteiger partial charge in [-0.2, -0.15) is 16.8 Å². The van der Waals surface area contributed by atoms with Crippen molar-refractivity contribution in [1.82, 2.24) is 0 Å². The normalized spacial score (nSPS) is 27.0. The van der Waals surface area contributed by atoms with E-state index in [1.807, 2.05) is 88.4 Å². The topological polar surface area (TPSA) is 121 Å². The van der Waals surface area contributed by atoms with Crippen LogP contribution in [0.2, 0.25) is 0 Å². The average molecular weight is 765 g/mol. The first kappa shape index (κ1) is 35.4. The highest BCUT2D eigenvalue weighted by Crippen LogP contribution is 2.66. The Balaban J connectivity index is 1.22. The predicted octanol–water partition coefficient (Wildman–Crippen LogP) is 8.88. The molecule has 0 aliphatic heterocycles. The van der Waals surface area contributed by atoms with Gasteiger partial charge in [0.25, 0.3) is 0 Å². The van der Waals surface area contributed by atoms with Crippen molar-refractivity contribution < 1.29 is 34.8 Å². The van der Waals surface area contributed by atoms with Crippen molar-refractivity contribution in [2.24, 2.45) is 33.5 Å². The van der Waals surface area contributed by atoms with Gasteiger partial charge in [0.05, 0.1) is 22.3 Å². The van der Waals surface area contributed by atoms with Gasteiger partial charge in [0.15, 0.2) is 11.5 Å².